The van der Waals surface area contributed by atoms with Gasteiger partial charge in [-0.1, -0.05) is 6.92 Å². The van der Waals surface area contributed by atoms with Gasteiger partial charge in [0, 0.05) is 13.5 Å². The molecule has 72 valence electrons. The first kappa shape index (κ1) is 9.57. The topological polar surface area (TPSA) is 73.1 Å². The molecule has 1 aromatic rings. The molecule has 0 radical (unpaired) electrons. The molecule has 0 bridgehead atoms. The van der Waals surface area contributed by atoms with E-state index in [2.05, 4.69) is 15.3 Å². The number of methoxy groups -OCH3 is 1. The fourth-order valence-electron chi connectivity index (χ4n) is 0.997. The number of nitrogens with two attached hydrogens (primary N) is 1. The highest BCUT2D eigenvalue weighted by molar-refractivity contribution is 5.66. The summed E-state index contributed by atoms with van der Waals surface area (Å²) >= 11 is 0. The van der Waals surface area contributed by atoms with E-state index < -0.39 is 0 Å². The number of nitrogen functional groups attached to an aromatic ring is 1. The second kappa shape index (κ2) is 3.93. The van der Waals surface area contributed by atoms with Crippen LogP contribution in [-0.2, 0) is 6.42 Å². The van der Waals surface area contributed by atoms with Crippen molar-refractivity contribution in [2.75, 3.05) is 25.2 Å². The molecule has 0 aliphatic carbocycles. The van der Waals surface area contributed by atoms with E-state index >= 15 is 0 Å². The highest BCUT2D eigenvalue weighted by atomic mass is 16.5. The van der Waals surface area contributed by atoms with Crippen molar-refractivity contribution >= 4 is 11.5 Å². The minimum atomic E-state index is 0.427. The average Bonchev–Trinajstić information content (AvgIpc) is 2.18. The Labute approximate surface area is 77.3 Å². The van der Waals surface area contributed by atoms with Crippen LogP contribution in [0.25, 0.3) is 0 Å². The Morgan fingerprint density at radius 2 is 2.15 bits per heavy atom. The second-order valence-corrected chi connectivity index (χ2v) is 2.51. The van der Waals surface area contributed by atoms with Gasteiger partial charge in [-0.2, -0.15) is 4.98 Å². The normalized spacial score (nSPS) is 9.77. The first-order valence-electron chi connectivity index (χ1n) is 4.11. The number of nitrogens with one attached hydrogen (secondary N) is 1. The van der Waals surface area contributed by atoms with Crippen molar-refractivity contribution in [3.63, 3.8) is 0 Å². The largest absolute Gasteiger partial charge is 0.479 e. The molecule has 0 saturated carbocycles. The van der Waals surface area contributed by atoms with Crippen molar-refractivity contribution in [2.45, 2.75) is 13.3 Å². The van der Waals surface area contributed by atoms with Crippen LogP contribution in [-0.4, -0.2) is 24.1 Å². The Hall–Kier alpha value is -1.52. The number of nitrogens with zero attached hydrogens (tertiary/aromatic N) is 2. The van der Waals surface area contributed by atoms with Gasteiger partial charge < -0.3 is 15.8 Å². The molecular weight excluding hydrogens is 168 g/mol. The minimum Gasteiger partial charge on any atom is -0.479 e. The van der Waals surface area contributed by atoms with Gasteiger partial charge in [-0.25, -0.2) is 4.98 Å². The number of anilines is 2. The molecule has 0 atom stereocenters. The molecule has 1 rings (SSSR count). The molecule has 0 fully saturated rings. The summed E-state index contributed by atoms with van der Waals surface area (Å²) in [7, 11) is 3.30. The summed E-state index contributed by atoms with van der Waals surface area (Å²) in [6, 6.07) is 0. The zero-order valence-electron chi connectivity index (χ0n) is 8.09. The van der Waals surface area contributed by atoms with E-state index in [0.29, 0.717) is 17.4 Å². The molecule has 0 unspecified atom stereocenters. The summed E-state index contributed by atoms with van der Waals surface area (Å²) in [6.07, 6.45) is 0.755. The van der Waals surface area contributed by atoms with Crippen molar-refractivity contribution in [1.29, 1.82) is 0 Å². The zero-order chi connectivity index (χ0) is 9.84. The van der Waals surface area contributed by atoms with E-state index in [9.17, 15) is 0 Å². The van der Waals surface area contributed by atoms with Crippen molar-refractivity contribution < 1.29 is 4.74 Å². The minimum absolute atomic E-state index is 0.427. The molecule has 0 aliphatic heterocycles. The van der Waals surface area contributed by atoms with Gasteiger partial charge in [0.2, 0.25) is 5.88 Å². The van der Waals surface area contributed by atoms with Crippen LogP contribution in [0.4, 0.5) is 11.5 Å². The number of aromatic nitrogens is 2. The third-order valence-electron chi connectivity index (χ3n) is 1.70. The quantitative estimate of drug-likeness (QED) is 0.718. The standard InChI is InChI=1S/C8H14N4O/c1-4-5-11-7(10-2)6(9)8(12-5)13-3/h4,9H2,1-3H3,(H,10,11,12). The smallest absolute Gasteiger partial charge is 0.242 e. The van der Waals surface area contributed by atoms with Crippen molar-refractivity contribution in [2.24, 2.45) is 0 Å². The molecule has 3 N–H and O–H groups in total. The Balaban J connectivity index is 3.20. The first-order chi connectivity index (χ1) is 6.22. The van der Waals surface area contributed by atoms with E-state index in [1.54, 1.807) is 7.05 Å². The van der Waals surface area contributed by atoms with Crippen LogP contribution in [0.1, 0.15) is 12.7 Å². The number of ether oxygens (including phenoxy) is 1. The fraction of sp³-hybridized carbons (Fsp3) is 0.500. The third-order valence-corrected chi connectivity index (χ3v) is 1.70. The summed E-state index contributed by atoms with van der Waals surface area (Å²) in [5.41, 5.74) is 6.16. The molecule has 13 heavy (non-hydrogen) atoms. The van der Waals surface area contributed by atoms with E-state index in [1.165, 1.54) is 7.11 Å². The van der Waals surface area contributed by atoms with Crippen molar-refractivity contribution in [3.05, 3.63) is 5.82 Å². The van der Waals surface area contributed by atoms with Gasteiger partial charge in [0.25, 0.3) is 0 Å². The lowest BCUT2D eigenvalue weighted by atomic mass is 10.4. The highest BCUT2D eigenvalue weighted by Crippen LogP contribution is 2.24. The molecule has 5 heteroatoms. The number of rotatable bonds is 3. The maximum Gasteiger partial charge on any atom is 0.242 e. The zero-order valence-corrected chi connectivity index (χ0v) is 8.09. The summed E-state index contributed by atoms with van der Waals surface area (Å²) in [6.45, 7) is 1.98. The number of hydrogen-bond acceptors (Lipinski definition) is 5. The molecule has 0 aliphatic rings. The molecule has 5 nitrogen and oxygen atoms in total. The second-order valence-electron chi connectivity index (χ2n) is 2.51. The van der Waals surface area contributed by atoms with E-state index in [-0.39, 0.29) is 0 Å². The molecule has 1 heterocycles. The summed E-state index contributed by atoms with van der Waals surface area (Å²) in [5.74, 6) is 1.76. The van der Waals surface area contributed by atoms with Crippen LogP contribution in [0.2, 0.25) is 0 Å². The van der Waals surface area contributed by atoms with Gasteiger partial charge in [0.1, 0.15) is 11.5 Å². The molecule has 0 spiro atoms. The average molecular weight is 182 g/mol. The van der Waals surface area contributed by atoms with E-state index in [0.717, 1.165) is 12.2 Å². The highest BCUT2D eigenvalue weighted by Gasteiger charge is 2.09. The Morgan fingerprint density at radius 1 is 1.46 bits per heavy atom. The van der Waals surface area contributed by atoms with Gasteiger partial charge in [-0.3, -0.25) is 0 Å². The molecule has 0 saturated heterocycles. The molecule has 0 aromatic carbocycles. The van der Waals surface area contributed by atoms with Crippen LogP contribution in [0.5, 0.6) is 5.88 Å². The van der Waals surface area contributed by atoms with Gasteiger partial charge in [0.15, 0.2) is 5.82 Å². The van der Waals surface area contributed by atoms with Gasteiger partial charge >= 0.3 is 0 Å². The number of hydrogen-bond donors (Lipinski definition) is 2. The summed E-state index contributed by atoms with van der Waals surface area (Å²) < 4.78 is 5.01. The SMILES string of the molecule is CCc1nc(NC)c(N)c(OC)n1. The van der Waals surface area contributed by atoms with Crippen LogP contribution >= 0.6 is 0 Å². The Bertz CT molecular complexity index is 275. The first-order valence-corrected chi connectivity index (χ1v) is 4.11. The summed E-state index contributed by atoms with van der Waals surface area (Å²) in [5, 5.41) is 2.89. The number of aryl methyl sites for hydroxylation is 1. The van der Waals surface area contributed by atoms with E-state index in [4.69, 9.17) is 10.5 Å². The van der Waals surface area contributed by atoms with Crippen molar-refractivity contribution in [1.82, 2.24) is 9.97 Å². The van der Waals surface area contributed by atoms with Crippen LogP contribution < -0.4 is 15.8 Å². The maximum absolute atomic E-state index is 5.72. The summed E-state index contributed by atoms with van der Waals surface area (Å²) in [4.78, 5) is 8.31. The predicted octanol–water partition coefficient (Wildman–Crippen LogP) is 0.671. The lowest BCUT2D eigenvalue weighted by molar-refractivity contribution is 0.397. The third kappa shape index (κ3) is 1.80. The monoisotopic (exact) mass is 182 g/mol. The van der Waals surface area contributed by atoms with E-state index in [1.807, 2.05) is 6.92 Å². The Morgan fingerprint density at radius 3 is 2.62 bits per heavy atom. The molecular formula is C8H14N4O. The lowest BCUT2D eigenvalue weighted by Crippen LogP contribution is -2.06. The van der Waals surface area contributed by atoms with Crippen LogP contribution in [0.15, 0.2) is 0 Å². The van der Waals surface area contributed by atoms with Gasteiger partial charge in [-0.05, 0) is 0 Å². The lowest BCUT2D eigenvalue weighted by Gasteiger charge is -2.09. The predicted molar refractivity (Wildman–Crippen MR) is 51.9 cm³/mol. The maximum atomic E-state index is 5.72. The van der Waals surface area contributed by atoms with Crippen LogP contribution in [0.3, 0.4) is 0 Å². The Kier molecular flexibility index (Phi) is 2.89. The van der Waals surface area contributed by atoms with Gasteiger partial charge in [0.05, 0.1) is 7.11 Å². The molecule has 0 amide bonds. The van der Waals surface area contributed by atoms with Crippen LogP contribution in [0, 0.1) is 0 Å². The van der Waals surface area contributed by atoms with Crippen molar-refractivity contribution in [3.8, 4) is 5.88 Å². The molecule has 1 aromatic heterocycles. The van der Waals surface area contributed by atoms with Gasteiger partial charge in [-0.15, -0.1) is 0 Å². The fourth-order valence-corrected chi connectivity index (χ4v) is 0.997.